The predicted octanol–water partition coefficient (Wildman–Crippen LogP) is 3.10. The minimum Gasteiger partial charge on any atom is -0.508 e. The number of phenolic OH excluding ortho intramolecular Hbond substituents is 1. The molecule has 0 radical (unpaired) electrons. The van der Waals surface area contributed by atoms with Crippen molar-refractivity contribution >= 4 is 28.4 Å². The number of likely N-dealkylation sites (N-methyl/N-ethyl adjacent to an activating group) is 1. The number of rotatable bonds is 7. The first-order valence-corrected chi connectivity index (χ1v) is 14.8. The third-order valence-corrected chi connectivity index (χ3v) is 8.61. The van der Waals surface area contributed by atoms with Crippen molar-refractivity contribution < 1.29 is 14.6 Å². The van der Waals surface area contributed by atoms with Crippen molar-refractivity contribution in [2.24, 2.45) is 0 Å². The Bertz CT molecular complexity index is 1530. The highest BCUT2D eigenvalue weighted by molar-refractivity contribution is 5.96. The minimum atomic E-state index is -0.0921. The number of anilines is 1. The minimum absolute atomic E-state index is 0.0129. The van der Waals surface area contributed by atoms with E-state index in [-0.39, 0.29) is 17.7 Å². The van der Waals surface area contributed by atoms with Crippen molar-refractivity contribution in [1.29, 1.82) is 5.26 Å². The summed E-state index contributed by atoms with van der Waals surface area (Å²) in [7, 11) is 2.11. The number of nitriles is 1. The van der Waals surface area contributed by atoms with E-state index in [0.29, 0.717) is 63.4 Å². The molecule has 2 saturated heterocycles. The Morgan fingerprint density at radius 1 is 1.24 bits per heavy atom. The number of benzene rings is 2. The number of carbonyl (C=O) groups excluding carboxylic acids is 1. The van der Waals surface area contributed by atoms with Crippen molar-refractivity contribution in [2.45, 2.75) is 44.3 Å². The van der Waals surface area contributed by atoms with E-state index in [1.165, 1.54) is 0 Å². The van der Waals surface area contributed by atoms with Gasteiger partial charge in [-0.2, -0.15) is 15.2 Å². The van der Waals surface area contributed by atoms with E-state index < -0.39 is 0 Å². The second kappa shape index (κ2) is 12.3. The molecule has 0 spiro atoms. The molecular weight excluding hydrogens is 530 g/mol. The third kappa shape index (κ3) is 6.03. The number of nitrogens with zero attached hydrogens (tertiary/aromatic N) is 6. The number of hydrogen-bond acceptors (Lipinski definition) is 9. The van der Waals surface area contributed by atoms with Crippen LogP contribution in [0.3, 0.4) is 0 Å². The Labute approximate surface area is 246 Å². The topological polar surface area (TPSA) is 118 Å². The highest BCUT2D eigenvalue weighted by atomic mass is 16.5. The van der Waals surface area contributed by atoms with E-state index in [1.54, 1.807) is 23.1 Å². The molecule has 0 aliphatic carbocycles. The van der Waals surface area contributed by atoms with E-state index in [1.807, 2.05) is 24.3 Å². The van der Waals surface area contributed by atoms with Crippen molar-refractivity contribution in [1.82, 2.24) is 25.1 Å². The van der Waals surface area contributed by atoms with Gasteiger partial charge in [0.25, 0.3) is 0 Å². The summed E-state index contributed by atoms with van der Waals surface area (Å²) < 4.78 is 6.17. The fraction of sp³-hybridized carbons (Fsp3) is 0.438. The molecule has 2 atom stereocenters. The van der Waals surface area contributed by atoms with Crippen molar-refractivity contribution in [2.75, 3.05) is 51.3 Å². The molecule has 42 heavy (non-hydrogen) atoms. The van der Waals surface area contributed by atoms with Crippen LogP contribution in [0.1, 0.15) is 36.2 Å². The van der Waals surface area contributed by atoms with Gasteiger partial charge < -0.3 is 29.9 Å². The second-order valence-electron chi connectivity index (χ2n) is 11.4. The van der Waals surface area contributed by atoms with Crippen LogP contribution in [0.25, 0.3) is 16.8 Å². The summed E-state index contributed by atoms with van der Waals surface area (Å²) in [6.07, 6.45) is 6.67. The smallest absolute Gasteiger partial charge is 0.317 e. The summed E-state index contributed by atoms with van der Waals surface area (Å²) in [6.45, 7) is 4.61. The van der Waals surface area contributed by atoms with Gasteiger partial charge in [0.05, 0.1) is 30.4 Å². The maximum Gasteiger partial charge on any atom is 0.317 e. The van der Waals surface area contributed by atoms with E-state index in [2.05, 4.69) is 34.3 Å². The number of aromatic hydroxyl groups is 1. The van der Waals surface area contributed by atoms with Crippen LogP contribution in [0.2, 0.25) is 0 Å². The molecule has 0 saturated carbocycles. The number of amides is 1. The fourth-order valence-electron chi connectivity index (χ4n) is 6.27. The Morgan fingerprint density at radius 2 is 2.12 bits per heavy atom. The van der Waals surface area contributed by atoms with Crippen LogP contribution >= 0.6 is 0 Å². The van der Waals surface area contributed by atoms with Crippen LogP contribution in [-0.4, -0.2) is 89.2 Å². The number of hydrogen-bond donors (Lipinski definition) is 2. The molecule has 2 N–H and O–H groups in total. The van der Waals surface area contributed by atoms with Crippen LogP contribution in [0, 0.1) is 11.3 Å². The molecule has 3 aliphatic rings. The SMILES string of the molecule is CN1CCC[C@H]1COc1nc(C=CC(=O)N2CCN[C@H](CC#N)C2)c2c(n1)CN(c1cc(O)cc3ccccc13)CC2. The molecule has 3 aromatic rings. The number of likely N-dealkylation sites (tertiary alicyclic amines) is 1. The van der Waals surface area contributed by atoms with Gasteiger partial charge in [-0.15, -0.1) is 0 Å². The monoisotopic (exact) mass is 567 g/mol. The molecule has 1 amide bonds. The normalized spacial score (nSPS) is 21.0. The van der Waals surface area contributed by atoms with E-state index in [0.717, 1.165) is 53.6 Å². The van der Waals surface area contributed by atoms with Gasteiger partial charge in [-0.1, -0.05) is 24.3 Å². The number of carbonyl (C=O) groups is 1. The number of ether oxygens (including phenoxy) is 1. The number of aromatic nitrogens is 2. The molecule has 0 bridgehead atoms. The standard InChI is InChI=1S/C32H37N7O3/c1-37-14-4-6-24(37)21-42-32-35-28(8-9-31(41)39-16-13-34-23(19-39)10-12-33)27-11-15-38(20-29(27)36-32)30-18-25(40)17-22-5-2-3-7-26(22)30/h2-3,5,7-9,17-18,23-24,34,40H,4,6,10-11,13-16,19-21H2,1H3/t23-,24+/m1/s1. The Hall–Kier alpha value is -4.20. The molecule has 2 fully saturated rings. The van der Waals surface area contributed by atoms with Gasteiger partial charge >= 0.3 is 6.01 Å². The van der Waals surface area contributed by atoms with Gasteiger partial charge in [-0.05, 0) is 50.4 Å². The lowest BCUT2D eigenvalue weighted by molar-refractivity contribution is -0.127. The molecule has 1 aromatic heterocycles. The van der Waals surface area contributed by atoms with Crippen LogP contribution in [0.5, 0.6) is 11.8 Å². The summed E-state index contributed by atoms with van der Waals surface area (Å²) in [5.74, 6) is 0.138. The van der Waals surface area contributed by atoms with Crippen LogP contribution in [-0.2, 0) is 17.8 Å². The Morgan fingerprint density at radius 3 is 2.95 bits per heavy atom. The van der Waals surface area contributed by atoms with Crippen LogP contribution in [0.4, 0.5) is 5.69 Å². The maximum absolute atomic E-state index is 13.1. The summed E-state index contributed by atoms with van der Waals surface area (Å²) >= 11 is 0. The first kappa shape index (κ1) is 27.9. The number of fused-ring (bicyclic) bond motifs is 2. The molecule has 0 unspecified atom stereocenters. The Kier molecular flexibility index (Phi) is 8.22. The molecule has 4 heterocycles. The number of phenols is 1. The lowest BCUT2D eigenvalue weighted by Gasteiger charge is -2.32. The van der Waals surface area contributed by atoms with Gasteiger partial charge in [-0.25, -0.2) is 0 Å². The third-order valence-electron chi connectivity index (χ3n) is 8.61. The average molecular weight is 568 g/mol. The largest absolute Gasteiger partial charge is 0.508 e. The quantitative estimate of drug-likeness (QED) is 0.415. The molecule has 10 nitrogen and oxygen atoms in total. The highest BCUT2D eigenvalue weighted by Crippen LogP contribution is 2.35. The lowest BCUT2D eigenvalue weighted by atomic mass is 10.00. The zero-order valence-electron chi connectivity index (χ0n) is 24.0. The summed E-state index contributed by atoms with van der Waals surface area (Å²) in [6, 6.07) is 14.5. The number of nitrogens with one attached hydrogen (secondary N) is 1. The maximum atomic E-state index is 13.1. The predicted molar refractivity (Wildman–Crippen MR) is 161 cm³/mol. The molecule has 218 valence electrons. The molecule has 3 aliphatic heterocycles. The Balaban J connectivity index is 1.28. The van der Waals surface area contributed by atoms with Gasteiger partial charge in [0.15, 0.2) is 0 Å². The fourth-order valence-corrected chi connectivity index (χ4v) is 6.27. The molecular formula is C32H37N7O3. The van der Waals surface area contributed by atoms with E-state index in [9.17, 15) is 9.90 Å². The summed E-state index contributed by atoms with van der Waals surface area (Å²) in [5, 5.41) is 24.9. The van der Waals surface area contributed by atoms with Crippen molar-refractivity contribution in [3.63, 3.8) is 0 Å². The summed E-state index contributed by atoms with van der Waals surface area (Å²) in [4.78, 5) is 29.1. The van der Waals surface area contributed by atoms with Gasteiger partial charge in [-0.3, -0.25) is 4.79 Å². The lowest BCUT2D eigenvalue weighted by Crippen LogP contribution is -2.52. The molecule has 6 rings (SSSR count). The van der Waals surface area contributed by atoms with Gasteiger partial charge in [0.1, 0.15) is 12.4 Å². The zero-order valence-corrected chi connectivity index (χ0v) is 24.0. The van der Waals surface area contributed by atoms with Crippen molar-refractivity contribution in [3.8, 4) is 17.8 Å². The van der Waals surface area contributed by atoms with Gasteiger partial charge in [0.2, 0.25) is 5.91 Å². The highest BCUT2D eigenvalue weighted by Gasteiger charge is 2.26. The molecule has 10 heteroatoms. The first-order chi connectivity index (χ1) is 20.5. The second-order valence-corrected chi connectivity index (χ2v) is 11.4. The summed E-state index contributed by atoms with van der Waals surface area (Å²) in [5.41, 5.74) is 3.53. The zero-order chi connectivity index (χ0) is 29.1. The first-order valence-electron chi connectivity index (χ1n) is 14.8. The van der Waals surface area contributed by atoms with Crippen LogP contribution < -0.4 is 15.0 Å². The van der Waals surface area contributed by atoms with Crippen molar-refractivity contribution in [3.05, 3.63) is 59.4 Å². The van der Waals surface area contributed by atoms with Crippen LogP contribution in [0.15, 0.2) is 42.5 Å². The molecule has 2 aromatic carbocycles. The van der Waals surface area contributed by atoms with E-state index >= 15 is 0 Å². The number of piperazine rings is 1. The average Bonchev–Trinajstić information content (AvgIpc) is 3.42. The van der Waals surface area contributed by atoms with Gasteiger partial charge in [0, 0.05) is 67.0 Å². The van der Waals surface area contributed by atoms with E-state index in [4.69, 9.17) is 20.0 Å².